The smallest absolute Gasteiger partial charge is 0.254 e. The largest absolute Gasteiger partial charge is 0.493 e. The molecule has 0 aliphatic heterocycles. The van der Waals surface area contributed by atoms with Gasteiger partial charge in [-0.3, -0.25) is 9.59 Å². The minimum absolute atomic E-state index is 0.153. The zero-order chi connectivity index (χ0) is 19.1. The monoisotopic (exact) mass is 364 g/mol. The van der Waals surface area contributed by atoms with Crippen LogP contribution in [-0.2, 0) is 11.3 Å². The van der Waals surface area contributed by atoms with Crippen LogP contribution in [-0.4, -0.2) is 32.6 Å². The third-order valence-corrected chi connectivity index (χ3v) is 3.55. The molecule has 0 saturated carbocycles. The summed E-state index contributed by atoms with van der Waals surface area (Å²) in [4.78, 5) is 23.7. The van der Waals surface area contributed by atoms with E-state index in [4.69, 9.17) is 9.47 Å². The lowest BCUT2D eigenvalue weighted by atomic mass is 10.2. The van der Waals surface area contributed by atoms with E-state index < -0.39 is 23.4 Å². The molecule has 2 rings (SSSR count). The molecule has 8 heteroatoms. The van der Waals surface area contributed by atoms with Crippen molar-refractivity contribution in [1.82, 2.24) is 10.6 Å². The first-order chi connectivity index (χ1) is 12.5. The summed E-state index contributed by atoms with van der Waals surface area (Å²) >= 11 is 0. The molecule has 0 aliphatic carbocycles. The molecule has 0 atom stereocenters. The first-order valence-corrected chi connectivity index (χ1v) is 7.66. The molecule has 138 valence electrons. The minimum atomic E-state index is -0.996. The molecular weight excluding hydrogens is 346 g/mol. The Morgan fingerprint density at radius 2 is 1.81 bits per heavy atom. The van der Waals surface area contributed by atoms with E-state index >= 15 is 0 Å². The molecule has 0 heterocycles. The van der Waals surface area contributed by atoms with Gasteiger partial charge in [-0.2, -0.15) is 0 Å². The summed E-state index contributed by atoms with van der Waals surface area (Å²) in [6, 6.07) is 7.81. The fraction of sp³-hybridized carbons (Fsp3) is 0.222. The SMILES string of the molecule is COc1cccc(CNC(=O)CNC(=O)c2ccc(F)cc2F)c1OC. The van der Waals surface area contributed by atoms with Gasteiger partial charge in [0, 0.05) is 18.2 Å². The van der Waals surface area contributed by atoms with Gasteiger partial charge in [0.1, 0.15) is 11.6 Å². The molecular formula is C18H18F2N2O4. The summed E-state index contributed by atoms with van der Waals surface area (Å²) in [6.07, 6.45) is 0. The average Bonchev–Trinajstić information content (AvgIpc) is 2.63. The quantitative estimate of drug-likeness (QED) is 0.788. The molecule has 6 nitrogen and oxygen atoms in total. The first-order valence-electron chi connectivity index (χ1n) is 7.66. The summed E-state index contributed by atoms with van der Waals surface area (Å²) in [5.41, 5.74) is 0.352. The molecule has 0 radical (unpaired) electrons. The Kier molecular flexibility index (Phi) is 6.48. The second kappa shape index (κ2) is 8.80. The number of hydrogen-bond acceptors (Lipinski definition) is 4. The summed E-state index contributed by atoms with van der Waals surface area (Å²) in [5.74, 6) is -2.05. The number of hydrogen-bond donors (Lipinski definition) is 2. The van der Waals surface area contributed by atoms with E-state index in [0.29, 0.717) is 23.1 Å². The summed E-state index contributed by atoms with van der Waals surface area (Å²) in [5, 5.41) is 4.89. The van der Waals surface area contributed by atoms with Crippen LogP contribution in [0.4, 0.5) is 8.78 Å². The predicted octanol–water partition coefficient (Wildman–Crippen LogP) is 2.03. The fourth-order valence-electron chi connectivity index (χ4n) is 2.28. The Morgan fingerprint density at radius 1 is 1.04 bits per heavy atom. The van der Waals surface area contributed by atoms with Crippen LogP contribution in [0.3, 0.4) is 0 Å². The highest BCUT2D eigenvalue weighted by Crippen LogP contribution is 2.30. The van der Waals surface area contributed by atoms with Gasteiger partial charge in [-0.15, -0.1) is 0 Å². The van der Waals surface area contributed by atoms with Crippen molar-refractivity contribution in [2.75, 3.05) is 20.8 Å². The lowest BCUT2D eigenvalue weighted by Crippen LogP contribution is -2.37. The van der Waals surface area contributed by atoms with Crippen LogP contribution >= 0.6 is 0 Å². The normalized spacial score (nSPS) is 10.2. The van der Waals surface area contributed by atoms with Crippen molar-refractivity contribution in [3.05, 3.63) is 59.2 Å². The van der Waals surface area contributed by atoms with Gasteiger partial charge in [0.15, 0.2) is 11.5 Å². The van der Waals surface area contributed by atoms with Crippen molar-refractivity contribution in [3.8, 4) is 11.5 Å². The molecule has 0 aliphatic rings. The standard InChI is InChI=1S/C18H18F2N2O4/c1-25-15-5-3-4-11(17(15)26-2)9-21-16(23)10-22-18(24)13-7-6-12(19)8-14(13)20/h3-8H,9-10H2,1-2H3,(H,21,23)(H,22,24). The molecule has 0 aromatic heterocycles. The molecule has 2 aromatic rings. The van der Waals surface area contributed by atoms with Gasteiger partial charge in [0.25, 0.3) is 5.91 Å². The molecule has 0 saturated heterocycles. The number of ether oxygens (including phenoxy) is 2. The van der Waals surface area contributed by atoms with Crippen molar-refractivity contribution < 1.29 is 27.8 Å². The minimum Gasteiger partial charge on any atom is -0.493 e. The maximum absolute atomic E-state index is 13.5. The zero-order valence-electron chi connectivity index (χ0n) is 14.3. The van der Waals surface area contributed by atoms with Crippen LogP contribution in [0, 0.1) is 11.6 Å². The molecule has 2 N–H and O–H groups in total. The van der Waals surface area contributed by atoms with Crippen molar-refractivity contribution in [1.29, 1.82) is 0 Å². The summed E-state index contributed by atoms with van der Waals surface area (Å²) < 4.78 is 36.8. The van der Waals surface area contributed by atoms with E-state index in [9.17, 15) is 18.4 Å². The van der Waals surface area contributed by atoms with E-state index in [1.54, 1.807) is 18.2 Å². The van der Waals surface area contributed by atoms with E-state index in [0.717, 1.165) is 12.1 Å². The number of amides is 2. The molecule has 0 bridgehead atoms. The van der Waals surface area contributed by atoms with Crippen LogP contribution in [0.5, 0.6) is 11.5 Å². The number of nitrogens with one attached hydrogen (secondary N) is 2. The lowest BCUT2D eigenvalue weighted by molar-refractivity contribution is -0.120. The van der Waals surface area contributed by atoms with Crippen molar-refractivity contribution in [3.63, 3.8) is 0 Å². The van der Waals surface area contributed by atoms with E-state index in [-0.39, 0.29) is 18.7 Å². The number of rotatable bonds is 7. The highest BCUT2D eigenvalue weighted by atomic mass is 19.1. The second-order valence-electron chi connectivity index (χ2n) is 5.24. The highest BCUT2D eigenvalue weighted by molar-refractivity contribution is 5.96. The van der Waals surface area contributed by atoms with E-state index in [1.807, 2.05) is 0 Å². The number of halogens is 2. The first kappa shape index (κ1) is 19.2. The molecule has 2 amide bonds. The number of benzene rings is 2. The maximum Gasteiger partial charge on any atom is 0.254 e. The van der Waals surface area contributed by atoms with Crippen LogP contribution < -0.4 is 20.1 Å². The van der Waals surface area contributed by atoms with Crippen LogP contribution in [0.15, 0.2) is 36.4 Å². The topological polar surface area (TPSA) is 76.7 Å². The Morgan fingerprint density at radius 3 is 2.46 bits per heavy atom. The Labute approximate surface area is 149 Å². The van der Waals surface area contributed by atoms with Gasteiger partial charge < -0.3 is 20.1 Å². The molecule has 2 aromatic carbocycles. The van der Waals surface area contributed by atoms with Crippen LogP contribution in [0.2, 0.25) is 0 Å². The fourth-order valence-corrected chi connectivity index (χ4v) is 2.28. The van der Waals surface area contributed by atoms with E-state index in [1.165, 1.54) is 14.2 Å². The lowest BCUT2D eigenvalue weighted by Gasteiger charge is -2.13. The summed E-state index contributed by atoms with van der Waals surface area (Å²) in [6.45, 7) is -0.206. The predicted molar refractivity (Wildman–Crippen MR) is 90.1 cm³/mol. The van der Waals surface area contributed by atoms with Gasteiger partial charge in [-0.05, 0) is 18.2 Å². The van der Waals surface area contributed by atoms with Crippen molar-refractivity contribution in [2.24, 2.45) is 0 Å². The Bertz CT molecular complexity index is 812. The second-order valence-corrected chi connectivity index (χ2v) is 5.24. The number of carbonyl (C=O) groups is 2. The van der Waals surface area contributed by atoms with Crippen LogP contribution in [0.1, 0.15) is 15.9 Å². The van der Waals surface area contributed by atoms with Gasteiger partial charge in [0.05, 0.1) is 26.3 Å². The molecule has 26 heavy (non-hydrogen) atoms. The Balaban J connectivity index is 1.91. The molecule has 0 spiro atoms. The third-order valence-electron chi connectivity index (χ3n) is 3.55. The summed E-state index contributed by atoms with van der Waals surface area (Å²) in [7, 11) is 2.99. The zero-order valence-corrected chi connectivity index (χ0v) is 14.3. The Hall–Kier alpha value is -3.16. The van der Waals surface area contributed by atoms with Crippen molar-refractivity contribution in [2.45, 2.75) is 6.54 Å². The number of methoxy groups -OCH3 is 2. The molecule has 0 fully saturated rings. The third kappa shape index (κ3) is 4.69. The number of para-hydroxylation sites is 1. The highest BCUT2D eigenvalue weighted by Gasteiger charge is 2.14. The molecule has 0 unspecified atom stereocenters. The van der Waals surface area contributed by atoms with Crippen molar-refractivity contribution >= 4 is 11.8 Å². The van der Waals surface area contributed by atoms with Gasteiger partial charge >= 0.3 is 0 Å². The maximum atomic E-state index is 13.5. The van der Waals surface area contributed by atoms with Gasteiger partial charge in [0.2, 0.25) is 5.91 Å². The van der Waals surface area contributed by atoms with Crippen LogP contribution in [0.25, 0.3) is 0 Å². The van der Waals surface area contributed by atoms with E-state index in [2.05, 4.69) is 10.6 Å². The van der Waals surface area contributed by atoms with Gasteiger partial charge in [-0.25, -0.2) is 8.78 Å². The van der Waals surface area contributed by atoms with Gasteiger partial charge in [-0.1, -0.05) is 12.1 Å². The average molecular weight is 364 g/mol. The number of carbonyl (C=O) groups excluding carboxylic acids is 2.